The topological polar surface area (TPSA) is 73.1 Å². The van der Waals surface area contributed by atoms with Crippen LogP contribution in [0, 0.1) is 6.92 Å². The van der Waals surface area contributed by atoms with Crippen LogP contribution in [0.1, 0.15) is 31.8 Å². The number of nitrogens with one attached hydrogen (secondary N) is 1. The lowest BCUT2D eigenvalue weighted by atomic mass is 9.83. The fourth-order valence-corrected chi connectivity index (χ4v) is 2.28. The third-order valence-corrected chi connectivity index (χ3v) is 3.31. The number of nitrogens with two attached hydrogens (primary N) is 1. The monoisotopic (exact) mass is 250 g/mol. The maximum Gasteiger partial charge on any atom is 0.130 e. The molecule has 18 heavy (non-hydrogen) atoms. The first-order chi connectivity index (χ1) is 8.63. The molecule has 0 aliphatic heterocycles. The third kappa shape index (κ3) is 2.79. The summed E-state index contributed by atoms with van der Waals surface area (Å²) in [6.45, 7) is 6.72. The lowest BCUT2D eigenvalue weighted by Gasteiger charge is -2.42. The fourth-order valence-electron chi connectivity index (χ4n) is 2.28. The summed E-state index contributed by atoms with van der Waals surface area (Å²) in [4.78, 5) is 8.76. The summed E-state index contributed by atoms with van der Waals surface area (Å²) in [7, 11) is 0. The second-order valence-electron chi connectivity index (χ2n) is 4.71. The molecule has 0 radical (unpaired) electrons. The number of anilines is 1. The molecule has 3 atom stereocenters. The first kappa shape index (κ1) is 13.2. The molecule has 0 aromatic carbocycles. The Morgan fingerprint density at radius 3 is 2.83 bits per heavy atom. The number of hydrogen-bond acceptors (Lipinski definition) is 5. The molecule has 1 aromatic heterocycles. The molecule has 0 bridgehead atoms. The molecule has 2 rings (SSSR count). The normalized spacial score (nSPS) is 26.8. The van der Waals surface area contributed by atoms with Crippen molar-refractivity contribution >= 4 is 5.82 Å². The van der Waals surface area contributed by atoms with Gasteiger partial charge in [0.15, 0.2) is 0 Å². The first-order valence-corrected chi connectivity index (χ1v) is 6.62. The van der Waals surface area contributed by atoms with Crippen molar-refractivity contribution in [3.05, 3.63) is 17.6 Å². The standard InChI is InChI=1S/C13H22N4O/c1-4-9-6-12(16-8(3)15-9)17-13-10(14)7-11(13)18-5-2/h6,10-11,13H,4-5,7,14H2,1-3H3,(H,15,16,17). The van der Waals surface area contributed by atoms with E-state index in [9.17, 15) is 0 Å². The van der Waals surface area contributed by atoms with Crippen LogP contribution in [0.2, 0.25) is 0 Å². The van der Waals surface area contributed by atoms with Crippen molar-refractivity contribution in [3.8, 4) is 0 Å². The smallest absolute Gasteiger partial charge is 0.130 e. The third-order valence-electron chi connectivity index (χ3n) is 3.31. The van der Waals surface area contributed by atoms with Crippen LogP contribution in [0.3, 0.4) is 0 Å². The van der Waals surface area contributed by atoms with E-state index in [1.807, 2.05) is 19.9 Å². The summed E-state index contributed by atoms with van der Waals surface area (Å²) in [6, 6.07) is 2.28. The van der Waals surface area contributed by atoms with Crippen molar-refractivity contribution in [2.75, 3.05) is 11.9 Å². The molecule has 0 amide bonds. The van der Waals surface area contributed by atoms with Crippen molar-refractivity contribution in [3.63, 3.8) is 0 Å². The van der Waals surface area contributed by atoms with Gasteiger partial charge >= 0.3 is 0 Å². The van der Waals surface area contributed by atoms with Crippen LogP contribution in [0.25, 0.3) is 0 Å². The second-order valence-corrected chi connectivity index (χ2v) is 4.71. The number of nitrogens with zero attached hydrogens (tertiary/aromatic N) is 2. The van der Waals surface area contributed by atoms with Crippen LogP contribution in [0.5, 0.6) is 0 Å². The van der Waals surface area contributed by atoms with Crippen molar-refractivity contribution in [2.45, 2.75) is 51.8 Å². The Kier molecular flexibility index (Phi) is 4.14. The second kappa shape index (κ2) is 5.63. The summed E-state index contributed by atoms with van der Waals surface area (Å²) >= 11 is 0. The SMILES string of the molecule is CCOC1CC(N)C1Nc1cc(CC)nc(C)n1. The molecule has 1 saturated carbocycles. The van der Waals surface area contributed by atoms with E-state index < -0.39 is 0 Å². The molecule has 5 heteroatoms. The molecule has 0 spiro atoms. The van der Waals surface area contributed by atoms with E-state index in [2.05, 4.69) is 22.2 Å². The Hall–Kier alpha value is -1.20. The van der Waals surface area contributed by atoms with Gasteiger partial charge < -0.3 is 15.8 Å². The average Bonchev–Trinajstić information content (AvgIpc) is 2.35. The number of rotatable bonds is 5. The summed E-state index contributed by atoms with van der Waals surface area (Å²) < 4.78 is 5.63. The van der Waals surface area contributed by atoms with Gasteiger partial charge in [0.05, 0.1) is 12.1 Å². The van der Waals surface area contributed by atoms with Crippen molar-refractivity contribution < 1.29 is 4.74 Å². The lowest BCUT2D eigenvalue weighted by Crippen LogP contribution is -2.60. The molecule has 1 aliphatic rings. The first-order valence-electron chi connectivity index (χ1n) is 6.62. The summed E-state index contributed by atoms with van der Waals surface area (Å²) in [6.07, 6.45) is 2.02. The zero-order valence-electron chi connectivity index (χ0n) is 11.3. The van der Waals surface area contributed by atoms with E-state index in [-0.39, 0.29) is 18.2 Å². The fraction of sp³-hybridized carbons (Fsp3) is 0.692. The van der Waals surface area contributed by atoms with E-state index in [0.29, 0.717) is 0 Å². The molecule has 3 unspecified atom stereocenters. The van der Waals surface area contributed by atoms with Gasteiger partial charge in [-0.3, -0.25) is 0 Å². The number of aryl methyl sites for hydroxylation is 2. The zero-order chi connectivity index (χ0) is 13.1. The number of ether oxygens (including phenoxy) is 1. The highest BCUT2D eigenvalue weighted by atomic mass is 16.5. The molecular weight excluding hydrogens is 228 g/mol. The predicted molar refractivity (Wildman–Crippen MR) is 71.6 cm³/mol. The number of hydrogen-bond donors (Lipinski definition) is 2. The summed E-state index contributed by atoms with van der Waals surface area (Å²) in [5, 5.41) is 3.38. The lowest BCUT2D eigenvalue weighted by molar-refractivity contribution is -0.0127. The average molecular weight is 250 g/mol. The van der Waals surface area contributed by atoms with Gasteiger partial charge in [0.1, 0.15) is 11.6 Å². The Morgan fingerprint density at radius 2 is 2.22 bits per heavy atom. The Labute approximate surface area is 108 Å². The molecule has 5 nitrogen and oxygen atoms in total. The van der Waals surface area contributed by atoms with Crippen molar-refractivity contribution in [1.29, 1.82) is 0 Å². The molecule has 0 saturated heterocycles. The van der Waals surface area contributed by atoms with E-state index in [1.54, 1.807) is 0 Å². The van der Waals surface area contributed by atoms with Gasteiger partial charge in [0, 0.05) is 24.4 Å². The van der Waals surface area contributed by atoms with Gasteiger partial charge in [0.2, 0.25) is 0 Å². The summed E-state index contributed by atoms with van der Waals surface area (Å²) in [5.74, 6) is 1.64. The van der Waals surface area contributed by atoms with Gasteiger partial charge in [-0.2, -0.15) is 0 Å². The quantitative estimate of drug-likeness (QED) is 0.823. The molecule has 1 heterocycles. The number of aromatic nitrogens is 2. The highest BCUT2D eigenvalue weighted by Crippen LogP contribution is 2.25. The molecule has 100 valence electrons. The highest BCUT2D eigenvalue weighted by Gasteiger charge is 2.39. The highest BCUT2D eigenvalue weighted by molar-refractivity contribution is 5.39. The van der Waals surface area contributed by atoms with Gasteiger partial charge in [0.25, 0.3) is 0 Å². The van der Waals surface area contributed by atoms with E-state index >= 15 is 0 Å². The Bertz CT molecular complexity index is 408. The largest absolute Gasteiger partial charge is 0.376 e. The molecule has 1 aromatic rings. The van der Waals surface area contributed by atoms with E-state index in [1.165, 1.54) is 0 Å². The molecule has 3 N–H and O–H groups in total. The predicted octanol–water partition coefficient (Wildman–Crippen LogP) is 1.26. The minimum Gasteiger partial charge on any atom is -0.376 e. The Balaban J connectivity index is 2.06. The van der Waals surface area contributed by atoms with Crippen molar-refractivity contribution in [1.82, 2.24) is 9.97 Å². The van der Waals surface area contributed by atoms with Crippen molar-refractivity contribution in [2.24, 2.45) is 5.73 Å². The van der Waals surface area contributed by atoms with E-state index in [0.717, 1.165) is 36.8 Å². The molecule has 1 fully saturated rings. The van der Waals surface area contributed by atoms with Gasteiger partial charge in [-0.05, 0) is 26.7 Å². The maximum absolute atomic E-state index is 6.01. The molecule has 1 aliphatic carbocycles. The zero-order valence-corrected chi connectivity index (χ0v) is 11.3. The summed E-state index contributed by atoms with van der Waals surface area (Å²) in [5.41, 5.74) is 7.06. The van der Waals surface area contributed by atoms with Crippen LogP contribution < -0.4 is 11.1 Å². The van der Waals surface area contributed by atoms with Crippen LogP contribution in [-0.2, 0) is 11.2 Å². The van der Waals surface area contributed by atoms with Crippen LogP contribution in [0.15, 0.2) is 6.07 Å². The minimum atomic E-state index is 0.141. The van der Waals surface area contributed by atoms with Gasteiger partial charge in [-0.1, -0.05) is 6.92 Å². The van der Waals surface area contributed by atoms with Crippen LogP contribution in [0.4, 0.5) is 5.82 Å². The van der Waals surface area contributed by atoms with Crippen LogP contribution >= 0.6 is 0 Å². The van der Waals surface area contributed by atoms with Crippen LogP contribution in [-0.4, -0.2) is 34.8 Å². The van der Waals surface area contributed by atoms with E-state index in [4.69, 9.17) is 10.5 Å². The van der Waals surface area contributed by atoms with Gasteiger partial charge in [-0.25, -0.2) is 9.97 Å². The minimum absolute atomic E-state index is 0.141. The molecular formula is C13H22N4O. The Morgan fingerprint density at radius 1 is 1.44 bits per heavy atom. The maximum atomic E-state index is 6.01. The van der Waals surface area contributed by atoms with Gasteiger partial charge in [-0.15, -0.1) is 0 Å².